The van der Waals surface area contributed by atoms with Crippen LogP contribution >= 0.6 is 11.8 Å². The van der Waals surface area contributed by atoms with Crippen LogP contribution in [0.1, 0.15) is 46.5 Å². The van der Waals surface area contributed by atoms with Crippen LogP contribution in [0.5, 0.6) is 0 Å². The van der Waals surface area contributed by atoms with Crippen molar-refractivity contribution >= 4 is 29.5 Å². The molecule has 6 heteroatoms. The summed E-state index contributed by atoms with van der Waals surface area (Å²) in [5, 5.41) is 2.68. The Bertz CT molecular complexity index is 659. The monoisotopic (exact) mass is 318 g/mol. The number of imide groups is 1. The fraction of sp³-hybridized carbons (Fsp3) is 0.438. The third-order valence-corrected chi connectivity index (χ3v) is 5.35. The number of carbonyl (C=O) groups excluding carboxylic acids is 3. The van der Waals surface area contributed by atoms with Crippen molar-refractivity contribution in [2.45, 2.75) is 37.6 Å². The van der Waals surface area contributed by atoms with Crippen LogP contribution in [0, 0.1) is 0 Å². The van der Waals surface area contributed by atoms with E-state index in [1.54, 1.807) is 16.7 Å². The molecule has 0 bridgehead atoms. The Hall–Kier alpha value is -1.82. The summed E-state index contributed by atoms with van der Waals surface area (Å²) in [7, 11) is 0. The van der Waals surface area contributed by atoms with E-state index in [1.165, 1.54) is 5.56 Å². The zero-order chi connectivity index (χ0) is 15.9. The molecule has 5 nitrogen and oxygen atoms in total. The van der Waals surface area contributed by atoms with Crippen LogP contribution in [0.3, 0.4) is 0 Å². The number of hydrogen-bond donors (Lipinski definition) is 1. The normalized spacial score (nSPS) is 22.5. The van der Waals surface area contributed by atoms with Crippen LogP contribution in [0.4, 0.5) is 0 Å². The number of rotatable bonds is 3. The summed E-state index contributed by atoms with van der Waals surface area (Å²) in [5.41, 5.74) is 2.82. The average molecular weight is 318 g/mol. The zero-order valence-corrected chi connectivity index (χ0v) is 13.4. The maximum atomic E-state index is 12.5. The highest BCUT2D eigenvalue weighted by molar-refractivity contribution is 7.98. The molecule has 2 aliphatic rings. The van der Waals surface area contributed by atoms with Gasteiger partial charge < -0.3 is 4.90 Å². The summed E-state index contributed by atoms with van der Waals surface area (Å²) < 4.78 is 0. The quantitative estimate of drug-likeness (QED) is 0.864. The lowest BCUT2D eigenvalue weighted by atomic mass is 10.0. The highest BCUT2D eigenvalue weighted by Gasteiger charge is 2.39. The summed E-state index contributed by atoms with van der Waals surface area (Å²) in [6.07, 6.45) is 2.74. The Balaban J connectivity index is 1.84. The van der Waals surface area contributed by atoms with Gasteiger partial charge in [0.15, 0.2) is 0 Å². The predicted molar refractivity (Wildman–Crippen MR) is 84.4 cm³/mol. The maximum absolute atomic E-state index is 12.5. The van der Waals surface area contributed by atoms with Crippen LogP contribution in [0.25, 0.3) is 0 Å². The van der Waals surface area contributed by atoms with Crippen molar-refractivity contribution in [2.24, 2.45) is 0 Å². The molecule has 2 heterocycles. The molecule has 2 aliphatic heterocycles. The summed E-state index contributed by atoms with van der Waals surface area (Å²) >= 11 is 1.75. The van der Waals surface area contributed by atoms with Crippen molar-refractivity contribution in [1.82, 2.24) is 10.2 Å². The van der Waals surface area contributed by atoms with Crippen LogP contribution in [-0.2, 0) is 16.1 Å². The van der Waals surface area contributed by atoms with E-state index in [0.29, 0.717) is 23.8 Å². The highest BCUT2D eigenvalue weighted by atomic mass is 32.2. The van der Waals surface area contributed by atoms with Gasteiger partial charge in [0.25, 0.3) is 5.91 Å². The van der Waals surface area contributed by atoms with Crippen LogP contribution in [0.15, 0.2) is 18.2 Å². The second kappa shape index (κ2) is 5.76. The van der Waals surface area contributed by atoms with E-state index in [-0.39, 0.29) is 24.1 Å². The van der Waals surface area contributed by atoms with Gasteiger partial charge in [-0.2, -0.15) is 11.8 Å². The molecule has 0 radical (unpaired) electrons. The van der Waals surface area contributed by atoms with Crippen molar-refractivity contribution in [2.75, 3.05) is 6.26 Å². The smallest absolute Gasteiger partial charge is 0.255 e. The first-order valence-electron chi connectivity index (χ1n) is 7.31. The fourth-order valence-electron chi connectivity index (χ4n) is 2.98. The topological polar surface area (TPSA) is 66.5 Å². The molecule has 1 saturated heterocycles. The Morgan fingerprint density at radius 1 is 1.32 bits per heavy atom. The van der Waals surface area contributed by atoms with Gasteiger partial charge in [0.05, 0.1) is 0 Å². The Kier molecular flexibility index (Phi) is 3.95. The maximum Gasteiger partial charge on any atom is 0.255 e. The van der Waals surface area contributed by atoms with E-state index in [1.807, 2.05) is 12.1 Å². The van der Waals surface area contributed by atoms with Gasteiger partial charge >= 0.3 is 0 Å². The first-order valence-corrected chi connectivity index (χ1v) is 8.60. The average Bonchev–Trinajstić information content (AvgIpc) is 2.83. The zero-order valence-electron chi connectivity index (χ0n) is 12.6. The minimum Gasteiger partial charge on any atom is -0.322 e. The first kappa shape index (κ1) is 15.1. The molecule has 22 heavy (non-hydrogen) atoms. The lowest BCUT2D eigenvalue weighted by Crippen LogP contribution is -2.52. The lowest BCUT2D eigenvalue weighted by molar-refractivity contribution is -0.136. The van der Waals surface area contributed by atoms with E-state index in [0.717, 1.165) is 5.56 Å². The summed E-state index contributed by atoms with van der Waals surface area (Å²) in [5.74, 6) is -0.746. The number of nitrogens with zero attached hydrogens (tertiary/aromatic N) is 1. The summed E-state index contributed by atoms with van der Waals surface area (Å²) in [6, 6.07) is 5.34. The van der Waals surface area contributed by atoms with E-state index in [2.05, 4.69) is 24.6 Å². The Morgan fingerprint density at radius 2 is 2.09 bits per heavy atom. The molecule has 1 unspecified atom stereocenters. The van der Waals surface area contributed by atoms with Crippen molar-refractivity contribution in [1.29, 1.82) is 0 Å². The van der Waals surface area contributed by atoms with E-state index < -0.39 is 6.04 Å². The number of hydrogen-bond acceptors (Lipinski definition) is 4. The number of nitrogens with one attached hydrogen (secondary N) is 1. The third-order valence-electron chi connectivity index (χ3n) is 4.37. The van der Waals surface area contributed by atoms with Crippen LogP contribution < -0.4 is 5.32 Å². The molecular weight excluding hydrogens is 300 g/mol. The van der Waals surface area contributed by atoms with E-state index in [9.17, 15) is 14.4 Å². The first-order chi connectivity index (χ1) is 10.5. The molecule has 0 spiro atoms. The molecule has 1 aromatic rings. The summed E-state index contributed by atoms with van der Waals surface area (Å²) in [4.78, 5) is 37.3. The molecule has 0 saturated carbocycles. The largest absolute Gasteiger partial charge is 0.322 e. The van der Waals surface area contributed by atoms with Gasteiger partial charge in [0.1, 0.15) is 6.04 Å². The Morgan fingerprint density at radius 3 is 2.77 bits per heavy atom. The molecule has 3 amide bonds. The number of thioether (sulfide) groups is 1. The van der Waals surface area contributed by atoms with Crippen LogP contribution in [0.2, 0.25) is 0 Å². The minimum atomic E-state index is -0.543. The van der Waals surface area contributed by atoms with Crippen molar-refractivity contribution in [3.63, 3.8) is 0 Å². The SMILES string of the molecule is CSC(C)c1ccc2c(c1)CN([C@H]1CCC(=O)NC1=O)C2=O. The van der Waals surface area contributed by atoms with Gasteiger partial charge in [-0.3, -0.25) is 19.7 Å². The third kappa shape index (κ3) is 2.52. The molecular formula is C16H18N2O3S. The highest BCUT2D eigenvalue weighted by Crippen LogP contribution is 2.32. The molecule has 116 valence electrons. The number of fused-ring (bicyclic) bond motifs is 1. The van der Waals surface area contributed by atoms with Gasteiger partial charge in [0.2, 0.25) is 11.8 Å². The molecule has 0 aromatic heterocycles. The lowest BCUT2D eigenvalue weighted by Gasteiger charge is -2.29. The second-order valence-corrected chi connectivity index (χ2v) is 6.87. The molecule has 1 N–H and O–H groups in total. The minimum absolute atomic E-state index is 0.118. The number of piperidine rings is 1. The van der Waals surface area contributed by atoms with Gasteiger partial charge in [-0.15, -0.1) is 0 Å². The Labute approximate surface area is 133 Å². The van der Waals surface area contributed by atoms with Crippen LogP contribution in [-0.4, -0.2) is 34.9 Å². The van der Waals surface area contributed by atoms with Gasteiger partial charge in [0, 0.05) is 23.8 Å². The number of benzene rings is 1. The van der Waals surface area contributed by atoms with E-state index >= 15 is 0 Å². The number of carbonyl (C=O) groups is 3. The molecule has 1 aromatic carbocycles. The standard InChI is InChI=1S/C16H18N2O3S/c1-9(22-2)10-3-4-12-11(7-10)8-18(16(12)21)13-5-6-14(19)17-15(13)20/h3-4,7,9,13H,5-6,8H2,1-2H3,(H,17,19,20)/t9?,13-/m0/s1. The van der Waals surface area contributed by atoms with Crippen molar-refractivity contribution in [3.05, 3.63) is 34.9 Å². The summed E-state index contributed by atoms with van der Waals surface area (Å²) in [6.45, 7) is 2.57. The fourth-order valence-corrected chi connectivity index (χ4v) is 3.40. The predicted octanol–water partition coefficient (Wildman–Crippen LogP) is 1.87. The molecule has 2 atom stereocenters. The second-order valence-electron chi connectivity index (χ2n) is 5.69. The van der Waals surface area contributed by atoms with Crippen molar-refractivity contribution in [3.8, 4) is 0 Å². The van der Waals surface area contributed by atoms with E-state index in [4.69, 9.17) is 0 Å². The van der Waals surface area contributed by atoms with Crippen molar-refractivity contribution < 1.29 is 14.4 Å². The van der Waals surface area contributed by atoms with Gasteiger partial charge in [-0.1, -0.05) is 12.1 Å². The van der Waals surface area contributed by atoms with Gasteiger partial charge in [-0.05, 0) is 36.8 Å². The number of amides is 3. The molecule has 1 fully saturated rings. The van der Waals surface area contributed by atoms with Gasteiger partial charge in [-0.25, -0.2) is 0 Å². The molecule has 3 rings (SSSR count). The molecule has 0 aliphatic carbocycles.